The average molecular weight is 549 g/mol. The van der Waals surface area contributed by atoms with Crippen LogP contribution in [-0.2, 0) is 15.0 Å². The maximum Gasteiger partial charge on any atom is 0.281 e. The average Bonchev–Trinajstić information content (AvgIpc) is 2.84. The lowest BCUT2D eigenvalue weighted by Gasteiger charge is -2.21. The molecule has 10 nitrogen and oxygen atoms in total. The quantitative estimate of drug-likeness (QED) is 0.290. The van der Waals surface area contributed by atoms with Crippen LogP contribution < -0.4 is 16.2 Å². The van der Waals surface area contributed by atoms with Gasteiger partial charge in [-0.25, -0.2) is 18.2 Å². The maximum atomic E-state index is 14.3. The normalized spacial score (nSPS) is 12.0. The first kappa shape index (κ1) is 27.0. The number of nitrogens with one attached hydrogen (secondary N) is 3. The minimum absolute atomic E-state index is 0.0371. The predicted octanol–water partition coefficient (Wildman–Crippen LogP) is 3.30. The van der Waals surface area contributed by atoms with Gasteiger partial charge in [0, 0.05) is 68.9 Å². The van der Waals surface area contributed by atoms with Gasteiger partial charge >= 0.3 is 0 Å². The number of amides is 1. The fourth-order valence-electron chi connectivity index (χ4n) is 3.79. The number of nitrogens with zero attached hydrogens (tertiary/aromatic N) is 3. The van der Waals surface area contributed by atoms with Crippen molar-refractivity contribution in [3.63, 3.8) is 0 Å². The number of H-pyrrole nitrogens is 1. The second-order valence-electron chi connectivity index (χ2n) is 8.57. The van der Waals surface area contributed by atoms with Crippen LogP contribution >= 0.6 is 0 Å². The van der Waals surface area contributed by atoms with E-state index in [9.17, 15) is 31.2 Å². The molecule has 200 valence electrons. The predicted molar refractivity (Wildman–Crippen MR) is 138 cm³/mol. The van der Waals surface area contributed by atoms with Crippen molar-refractivity contribution in [3.05, 3.63) is 70.4 Å². The van der Waals surface area contributed by atoms with Crippen LogP contribution in [0.1, 0.15) is 6.42 Å². The van der Waals surface area contributed by atoms with E-state index in [2.05, 4.69) is 20.6 Å². The number of halogens is 3. The number of hydrogen-bond acceptors (Lipinski definition) is 6. The summed E-state index contributed by atoms with van der Waals surface area (Å²) in [6.07, 6.45) is 1.21. The summed E-state index contributed by atoms with van der Waals surface area (Å²) in [6, 6.07) is 7.05. The number of pyridine rings is 2. The van der Waals surface area contributed by atoms with Crippen molar-refractivity contribution < 1.29 is 26.4 Å². The van der Waals surface area contributed by atoms with Gasteiger partial charge in [-0.15, -0.1) is 0 Å². The molecule has 0 fully saturated rings. The Morgan fingerprint density at radius 3 is 2.37 bits per heavy atom. The molecule has 0 spiro atoms. The standard InChI is InChI=1S/C24H23F3N6O4S/c1-32(2)38(36,37)33(3)9-7-20(34)29-14-4-5-19-16(12-14)21-15(6-8-28-24(21)35)23(30-19)31-22-17(26)10-13(25)11-18(22)27/h4-6,8,10-12H,7,9H2,1-3H3,(H,28,35)(H,29,34)(H,30,31). The van der Waals surface area contributed by atoms with Gasteiger partial charge in [0.25, 0.3) is 15.8 Å². The summed E-state index contributed by atoms with van der Waals surface area (Å²) in [6.45, 7) is -0.0599. The lowest BCUT2D eigenvalue weighted by molar-refractivity contribution is -0.116. The molecule has 0 saturated carbocycles. The summed E-state index contributed by atoms with van der Waals surface area (Å²) in [5, 5.41) is 5.89. The molecule has 14 heteroatoms. The molecule has 4 aromatic rings. The fourth-order valence-corrected chi connectivity index (χ4v) is 4.67. The number of carbonyl (C=O) groups excluding carboxylic acids is 1. The molecule has 3 N–H and O–H groups in total. The zero-order valence-electron chi connectivity index (χ0n) is 20.5. The van der Waals surface area contributed by atoms with Crippen LogP contribution in [0.3, 0.4) is 0 Å². The molecule has 0 aliphatic heterocycles. The van der Waals surface area contributed by atoms with Crippen molar-refractivity contribution in [1.29, 1.82) is 0 Å². The highest BCUT2D eigenvalue weighted by molar-refractivity contribution is 7.86. The number of hydrogen-bond donors (Lipinski definition) is 3. The molecule has 4 rings (SSSR count). The van der Waals surface area contributed by atoms with E-state index in [0.29, 0.717) is 23.2 Å². The van der Waals surface area contributed by atoms with E-state index in [1.165, 1.54) is 51.6 Å². The molecule has 2 aromatic heterocycles. The van der Waals surface area contributed by atoms with E-state index < -0.39 is 44.8 Å². The van der Waals surface area contributed by atoms with Crippen LogP contribution in [0.5, 0.6) is 0 Å². The van der Waals surface area contributed by atoms with Gasteiger partial charge in [0.2, 0.25) is 5.91 Å². The van der Waals surface area contributed by atoms with Crippen molar-refractivity contribution in [2.24, 2.45) is 0 Å². The van der Waals surface area contributed by atoms with Gasteiger partial charge in [0.05, 0.1) is 10.9 Å². The number of fused-ring (bicyclic) bond motifs is 3. The summed E-state index contributed by atoms with van der Waals surface area (Å²) in [7, 11) is 0.457. The zero-order chi connectivity index (χ0) is 27.8. The summed E-state index contributed by atoms with van der Waals surface area (Å²) in [5.41, 5.74) is -0.556. The van der Waals surface area contributed by atoms with Crippen LogP contribution in [-0.4, -0.2) is 60.6 Å². The van der Waals surface area contributed by atoms with Gasteiger partial charge in [0.1, 0.15) is 17.3 Å². The second-order valence-corrected chi connectivity index (χ2v) is 10.8. The minimum atomic E-state index is -3.67. The highest BCUT2D eigenvalue weighted by atomic mass is 32.2. The summed E-state index contributed by atoms with van der Waals surface area (Å²) < 4.78 is 68.2. The first-order valence-electron chi connectivity index (χ1n) is 11.2. The largest absolute Gasteiger partial charge is 0.335 e. The van der Waals surface area contributed by atoms with E-state index in [0.717, 1.165) is 8.61 Å². The van der Waals surface area contributed by atoms with Crippen LogP contribution in [0.4, 0.5) is 30.4 Å². The Morgan fingerprint density at radius 2 is 1.71 bits per heavy atom. The van der Waals surface area contributed by atoms with Gasteiger partial charge in [-0.2, -0.15) is 17.0 Å². The third kappa shape index (κ3) is 5.32. The molecule has 0 saturated heterocycles. The van der Waals surface area contributed by atoms with Crippen LogP contribution in [0.15, 0.2) is 47.4 Å². The minimum Gasteiger partial charge on any atom is -0.335 e. The molecule has 0 radical (unpaired) electrons. The molecule has 38 heavy (non-hydrogen) atoms. The molecule has 1 amide bonds. The lowest BCUT2D eigenvalue weighted by atomic mass is 10.1. The number of anilines is 3. The highest BCUT2D eigenvalue weighted by Crippen LogP contribution is 2.32. The number of aromatic nitrogens is 2. The Morgan fingerprint density at radius 1 is 1.03 bits per heavy atom. The van der Waals surface area contributed by atoms with Crippen LogP contribution in [0.25, 0.3) is 21.7 Å². The van der Waals surface area contributed by atoms with Gasteiger partial charge in [0.15, 0.2) is 11.6 Å². The molecule has 0 aliphatic rings. The van der Waals surface area contributed by atoms with Gasteiger partial charge in [-0.1, -0.05) is 0 Å². The number of aromatic amines is 1. The Hall–Kier alpha value is -4.01. The Kier molecular flexibility index (Phi) is 7.40. The third-order valence-corrected chi connectivity index (χ3v) is 7.65. The van der Waals surface area contributed by atoms with E-state index in [4.69, 9.17) is 0 Å². The third-order valence-electron chi connectivity index (χ3n) is 5.76. The fraction of sp³-hybridized carbons (Fsp3) is 0.208. The van der Waals surface area contributed by atoms with Gasteiger partial charge in [-0.05, 0) is 24.3 Å². The Bertz CT molecular complexity index is 1700. The molecule has 0 bridgehead atoms. The first-order valence-corrected chi connectivity index (χ1v) is 12.6. The topological polar surface area (TPSA) is 128 Å². The SMILES string of the molecule is CN(C)S(=O)(=O)N(C)CCC(=O)Nc1ccc2nc(Nc3c(F)cc(F)cc3F)c3cc[nH]c(=O)c3c2c1. The smallest absolute Gasteiger partial charge is 0.281 e. The highest BCUT2D eigenvalue weighted by Gasteiger charge is 2.21. The van der Waals surface area contributed by atoms with Crippen LogP contribution in [0, 0.1) is 17.5 Å². The summed E-state index contributed by atoms with van der Waals surface area (Å²) in [5.74, 6) is -3.94. The van der Waals surface area contributed by atoms with Gasteiger partial charge < -0.3 is 15.6 Å². The number of rotatable bonds is 8. The van der Waals surface area contributed by atoms with Crippen molar-refractivity contribution in [3.8, 4) is 0 Å². The zero-order valence-corrected chi connectivity index (χ0v) is 21.3. The van der Waals surface area contributed by atoms with E-state index in [1.54, 1.807) is 0 Å². The monoisotopic (exact) mass is 548 g/mol. The van der Waals surface area contributed by atoms with Crippen molar-refractivity contribution in [2.75, 3.05) is 38.3 Å². The van der Waals surface area contributed by atoms with E-state index in [-0.39, 0.29) is 35.1 Å². The molecule has 0 unspecified atom stereocenters. The second kappa shape index (κ2) is 10.4. The number of benzene rings is 2. The molecular weight excluding hydrogens is 525 g/mol. The number of carbonyl (C=O) groups is 1. The first-order chi connectivity index (χ1) is 17.9. The molecule has 2 heterocycles. The molecule has 2 aromatic carbocycles. The summed E-state index contributed by atoms with van der Waals surface area (Å²) in [4.78, 5) is 32.2. The van der Waals surface area contributed by atoms with E-state index in [1.807, 2.05) is 0 Å². The van der Waals surface area contributed by atoms with Crippen molar-refractivity contribution in [1.82, 2.24) is 18.6 Å². The van der Waals surface area contributed by atoms with E-state index >= 15 is 0 Å². The van der Waals surface area contributed by atoms with Crippen LogP contribution in [0.2, 0.25) is 0 Å². The van der Waals surface area contributed by atoms with Gasteiger partial charge in [-0.3, -0.25) is 9.59 Å². The molecule has 0 atom stereocenters. The van der Waals surface area contributed by atoms with Crippen molar-refractivity contribution >= 4 is 55.0 Å². The lowest BCUT2D eigenvalue weighted by Crippen LogP contribution is -2.38. The molecular formula is C24H23F3N6O4S. The van der Waals surface area contributed by atoms with Crippen molar-refractivity contribution in [2.45, 2.75) is 6.42 Å². The molecule has 0 aliphatic carbocycles. The maximum absolute atomic E-state index is 14.3. The Labute approximate surface area is 215 Å². The summed E-state index contributed by atoms with van der Waals surface area (Å²) >= 11 is 0. The Balaban J connectivity index is 1.67.